The van der Waals surface area contributed by atoms with E-state index in [2.05, 4.69) is 12.2 Å². The van der Waals surface area contributed by atoms with Gasteiger partial charge in [0.05, 0.1) is 7.11 Å². The van der Waals surface area contributed by atoms with Crippen LogP contribution >= 0.6 is 11.6 Å². The summed E-state index contributed by atoms with van der Waals surface area (Å²) in [5.41, 5.74) is 1.14. The number of nitrogens with one attached hydrogen (secondary N) is 1. The quantitative estimate of drug-likeness (QED) is 0.788. The molecule has 2 nitrogen and oxygen atoms in total. The smallest absolute Gasteiger partial charge is 0.123 e. The molecule has 0 unspecified atom stereocenters. The highest BCUT2D eigenvalue weighted by molar-refractivity contribution is 6.30. The summed E-state index contributed by atoms with van der Waals surface area (Å²) in [5, 5.41) is 4.43. The van der Waals surface area contributed by atoms with Crippen LogP contribution < -0.4 is 10.1 Å². The third-order valence-corrected chi connectivity index (χ3v) is 4.70. The van der Waals surface area contributed by atoms with E-state index in [0.717, 1.165) is 28.8 Å². The molecule has 112 valence electrons. The van der Waals surface area contributed by atoms with Crippen LogP contribution in [0.2, 0.25) is 5.02 Å². The third kappa shape index (κ3) is 4.39. The van der Waals surface area contributed by atoms with E-state index < -0.39 is 0 Å². The standard InChI is InChI=1S/C17H26ClNO/c1-13(14-7-5-3-4-6-8-14)19-12-15-11-16(18)9-10-17(15)20-2/h9-11,13-14,19H,3-8,12H2,1-2H3/t13-/m1/s1. The Morgan fingerprint density at radius 1 is 1.25 bits per heavy atom. The molecule has 0 aliphatic heterocycles. The molecule has 20 heavy (non-hydrogen) atoms. The number of rotatable bonds is 5. The highest BCUT2D eigenvalue weighted by atomic mass is 35.5. The molecule has 0 spiro atoms. The predicted molar refractivity (Wildman–Crippen MR) is 85.5 cm³/mol. The molecular formula is C17H26ClNO. The molecule has 1 fully saturated rings. The van der Waals surface area contributed by atoms with Crippen molar-refractivity contribution in [2.45, 2.75) is 58.0 Å². The van der Waals surface area contributed by atoms with Gasteiger partial charge < -0.3 is 10.1 Å². The Hall–Kier alpha value is -0.730. The summed E-state index contributed by atoms with van der Waals surface area (Å²) in [6.07, 6.45) is 8.31. The Morgan fingerprint density at radius 3 is 2.60 bits per heavy atom. The fourth-order valence-electron chi connectivity index (χ4n) is 3.13. The molecule has 0 amide bonds. The summed E-state index contributed by atoms with van der Waals surface area (Å²) in [7, 11) is 1.71. The largest absolute Gasteiger partial charge is 0.496 e. The van der Waals surface area contributed by atoms with Crippen LogP contribution in [-0.2, 0) is 6.54 Å². The average molecular weight is 296 g/mol. The summed E-state index contributed by atoms with van der Waals surface area (Å²) in [5.74, 6) is 1.72. The number of halogens is 1. The van der Waals surface area contributed by atoms with Crippen molar-refractivity contribution in [3.05, 3.63) is 28.8 Å². The van der Waals surface area contributed by atoms with E-state index >= 15 is 0 Å². The molecule has 1 aromatic rings. The summed E-state index contributed by atoms with van der Waals surface area (Å²) >= 11 is 6.08. The van der Waals surface area contributed by atoms with Gasteiger partial charge in [0, 0.05) is 23.2 Å². The molecule has 1 N–H and O–H groups in total. The Balaban J connectivity index is 1.92. The lowest BCUT2D eigenvalue weighted by Gasteiger charge is -2.24. The molecule has 1 aliphatic carbocycles. The van der Waals surface area contributed by atoms with Gasteiger partial charge in [-0.05, 0) is 43.9 Å². The first-order valence-corrected chi connectivity index (χ1v) is 8.14. The fraction of sp³-hybridized carbons (Fsp3) is 0.647. The van der Waals surface area contributed by atoms with Gasteiger partial charge in [-0.2, -0.15) is 0 Å². The number of ether oxygens (including phenoxy) is 1. The minimum atomic E-state index is 0.553. The number of benzene rings is 1. The number of methoxy groups -OCH3 is 1. The van der Waals surface area contributed by atoms with Gasteiger partial charge in [-0.1, -0.05) is 37.3 Å². The first kappa shape index (κ1) is 15.7. The zero-order valence-electron chi connectivity index (χ0n) is 12.6. The van der Waals surface area contributed by atoms with Crippen LogP contribution in [-0.4, -0.2) is 13.2 Å². The second-order valence-corrected chi connectivity index (χ2v) is 6.31. The van der Waals surface area contributed by atoms with Crippen molar-refractivity contribution in [3.63, 3.8) is 0 Å². The SMILES string of the molecule is COc1ccc(Cl)cc1CN[C@H](C)C1CCCCCC1. The highest BCUT2D eigenvalue weighted by Gasteiger charge is 2.18. The Kier molecular flexibility index (Phi) is 6.18. The number of hydrogen-bond donors (Lipinski definition) is 1. The van der Waals surface area contributed by atoms with E-state index in [-0.39, 0.29) is 0 Å². The summed E-state index contributed by atoms with van der Waals surface area (Å²) in [6, 6.07) is 6.36. The zero-order chi connectivity index (χ0) is 14.4. The molecule has 1 atom stereocenters. The molecule has 0 saturated heterocycles. The van der Waals surface area contributed by atoms with Gasteiger partial charge in [-0.25, -0.2) is 0 Å². The zero-order valence-corrected chi connectivity index (χ0v) is 13.4. The second kappa shape index (κ2) is 7.90. The summed E-state index contributed by atoms with van der Waals surface area (Å²) < 4.78 is 5.40. The van der Waals surface area contributed by atoms with Gasteiger partial charge in [-0.15, -0.1) is 0 Å². The fourth-order valence-corrected chi connectivity index (χ4v) is 3.33. The minimum absolute atomic E-state index is 0.553. The molecule has 0 heterocycles. The first-order valence-electron chi connectivity index (χ1n) is 7.76. The van der Waals surface area contributed by atoms with Crippen LogP contribution in [0, 0.1) is 5.92 Å². The van der Waals surface area contributed by atoms with Crippen molar-refractivity contribution in [3.8, 4) is 5.75 Å². The first-order chi connectivity index (χ1) is 9.70. The van der Waals surface area contributed by atoms with Crippen molar-refractivity contribution in [2.75, 3.05) is 7.11 Å². The van der Waals surface area contributed by atoms with Crippen molar-refractivity contribution in [1.82, 2.24) is 5.32 Å². The number of hydrogen-bond acceptors (Lipinski definition) is 2. The Labute approximate surface area is 127 Å². The van der Waals surface area contributed by atoms with Gasteiger partial charge in [0.25, 0.3) is 0 Å². The van der Waals surface area contributed by atoms with Crippen molar-refractivity contribution in [2.24, 2.45) is 5.92 Å². The maximum atomic E-state index is 6.08. The second-order valence-electron chi connectivity index (χ2n) is 5.88. The molecular weight excluding hydrogens is 270 g/mol. The predicted octanol–water partition coefficient (Wildman–Crippen LogP) is 4.80. The summed E-state index contributed by atoms with van der Waals surface area (Å²) in [4.78, 5) is 0. The maximum absolute atomic E-state index is 6.08. The Bertz CT molecular complexity index is 413. The molecule has 2 rings (SSSR count). The Morgan fingerprint density at radius 2 is 1.95 bits per heavy atom. The minimum Gasteiger partial charge on any atom is -0.496 e. The monoisotopic (exact) mass is 295 g/mol. The van der Waals surface area contributed by atoms with Gasteiger partial charge in [0.15, 0.2) is 0 Å². The topological polar surface area (TPSA) is 21.3 Å². The van der Waals surface area contributed by atoms with E-state index in [1.807, 2.05) is 18.2 Å². The van der Waals surface area contributed by atoms with Crippen LogP contribution in [0.5, 0.6) is 5.75 Å². The van der Waals surface area contributed by atoms with Crippen LogP contribution in [0.4, 0.5) is 0 Å². The van der Waals surface area contributed by atoms with E-state index in [0.29, 0.717) is 6.04 Å². The summed E-state index contributed by atoms with van der Waals surface area (Å²) in [6.45, 7) is 3.13. The lowest BCUT2D eigenvalue weighted by Crippen LogP contribution is -2.33. The van der Waals surface area contributed by atoms with E-state index in [1.54, 1.807) is 7.11 Å². The third-order valence-electron chi connectivity index (χ3n) is 4.46. The molecule has 1 aromatic carbocycles. The van der Waals surface area contributed by atoms with E-state index in [4.69, 9.17) is 16.3 Å². The van der Waals surface area contributed by atoms with Crippen molar-refractivity contribution < 1.29 is 4.74 Å². The lowest BCUT2D eigenvalue weighted by molar-refractivity contribution is 0.333. The van der Waals surface area contributed by atoms with E-state index in [9.17, 15) is 0 Å². The molecule has 1 aliphatic rings. The normalized spacial score (nSPS) is 18.6. The van der Waals surface area contributed by atoms with Crippen LogP contribution in [0.15, 0.2) is 18.2 Å². The van der Waals surface area contributed by atoms with E-state index in [1.165, 1.54) is 38.5 Å². The molecule has 1 saturated carbocycles. The maximum Gasteiger partial charge on any atom is 0.123 e. The van der Waals surface area contributed by atoms with Gasteiger partial charge in [-0.3, -0.25) is 0 Å². The molecule has 0 radical (unpaired) electrons. The van der Waals surface area contributed by atoms with Gasteiger partial charge in [0.1, 0.15) is 5.75 Å². The average Bonchev–Trinajstić information content (AvgIpc) is 2.74. The van der Waals surface area contributed by atoms with Gasteiger partial charge >= 0.3 is 0 Å². The van der Waals surface area contributed by atoms with Crippen LogP contribution in [0.25, 0.3) is 0 Å². The van der Waals surface area contributed by atoms with Crippen molar-refractivity contribution >= 4 is 11.6 Å². The van der Waals surface area contributed by atoms with Crippen LogP contribution in [0.3, 0.4) is 0 Å². The molecule has 3 heteroatoms. The molecule has 0 aromatic heterocycles. The molecule has 0 bridgehead atoms. The van der Waals surface area contributed by atoms with Crippen molar-refractivity contribution in [1.29, 1.82) is 0 Å². The van der Waals surface area contributed by atoms with Gasteiger partial charge in [0.2, 0.25) is 0 Å². The lowest BCUT2D eigenvalue weighted by atomic mass is 9.93. The highest BCUT2D eigenvalue weighted by Crippen LogP contribution is 2.27. The van der Waals surface area contributed by atoms with Crippen LogP contribution in [0.1, 0.15) is 51.0 Å².